The molecule has 0 amide bonds. The van der Waals surface area contributed by atoms with Crippen molar-refractivity contribution in [1.29, 1.82) is 0 Å². The Kier molecular flexibility index (Phi) is 4.04. The number of hydrogen-bond donors (Lipinski definition) is 1. The molecule has 1 aromatic carbocycles. The molecule has 0 aliphatic heterocycles. The smallest absolute Gasteiger partial charge is 0.260 e. The minimum absolute atomic E-state index is 0.646. The standard InChI is InChI=1S/C11H11BrN2OS/c12-9-7-8(3-4-13)1-2-10(9)16-11-14-5-6-15-11/h1-2,5-7H,3-4,13H2. The molecule has 1 aromatic heterocycles. The van der Waals surface area contributed by atoms with E-state index in [1.54, 1.807) is 12.5 Å². The summed E-state index contributed by atoms with van der Waals surface area (Å²) in [6.45, 7) is 0.665. The van der Waals surface area contributed by atoms with Crippen molar-refractivity contribution in [2.24, 2.45) is 5.73 Å². The summed E-state index contributed by atoms with van der Waals surface area (Å²) in [5.74, 6) is 0. The summed E-state index contributed by atoms with van der Waals surface area (Å²) in [4.78, 5) is 5.15. The molecule has 0 saturated heterocycles. The van der Waals surface area contributed by atoms with Gasteiger partial charge in [0.15, 0.2) is 0 Å². The second-order valence-corrected chi connectivity index (χ2v) is 5.05. The van der Waals surface area contributed by atoms with Crippen LogP contribution >= 0.6 is 27.7 Å². The van der Waals surface area contributed by atoms with E-state index in [1.807, 2.05) is 6.07 Å². The van der Waals surface area contributed by atoms with E-state index >= 15 is 0 Å². The van der Waals surface area contributed by atoms with Crippen molar-refractivity contribution >= 4 is 27.7 Å². The van der Waals surface area contributed by atoms with Crippen LogP contribution in [0.2, 0.25) is 0 Å². The van der Waals surface area contributed by atoms with E-state index in [0.717, 1.165) is 15.8 Å². The quantitative estimate of drug-likeness (QED) is 0.942. The highest BCUT2D eigenvalue weighted by Crippen LogP contribution is 2.33. The molecule has 84 valence electrons. The lowest BCUT2D eigenvalue weighted by atomic mass is 10.2. The van der Waals surface area contributed by atoms with Crippen molar-refractivity contribution in [3.63, 3.8) is 0 Å². The lowest BCUT2D eigenvalue weighted by Gasteiger charge is -2.04. The molecule has 0 unspecified atom stereocenters. The summed E-state index contributed by atoms with van der Waals surface area (Å²) < 4.78 is 6.22. The fraction of sp³-hybridized carbons (Fsp3) is 0.182. The Bertz CT molecular complexity index is 459. The number of hydrogen-bond acceptors (Lipinski definition) is 4. The van der Waals surface area contributed by atoms with Gasteiger partial charge in [0.2, 0.25) is 0 Å². The summed E-state index contributed by atoms with van der Waals surface area (Å²) in [6, 6.07) is 6.20. The Morgan fingerprint density at radius 2 is 2.31 bits per heavy atom. The lowest BCUT2D eigenvalue weighted by Crippen LogP contribution is -2.02. The van der Waals surface area contributed by atoms with Gasteiger partial charge in [0.1, 0.15) is 6.26 Å². The number of oxazole rings is 1. The summed E-state index contributed by atoms with van der Waals surface area (Å²) >= 11 is 5.02. The Labute approximate surface area is 107 Å². The molecule has 2 N–H and O–H groups in total. The summed E-state index contributed by atoms with van der Waals surface area (Å²) in [5, 5.41) is 0.646. The molecular formula is C11H11BrN2OS. The van der Waals surface area contributed by atoms with Gasteiger partial charge in [-0.15, -0.1) is 0 Å². The lowest BCUT2D eigenvalue weighted by molar-refractivity contribution is 0.454. The zero-order valence-electron chi connectivity index (χ0n) is 8.52. The summed E-state index contributed by atoms with van der Waals surface area (Å²) in [6.07, 6.45) is 4.10. The van der Waals surface area contributed by atoms with E-state index in [2.05, 4.69) is 33.0 Å². The number of halogens is 1. The normalized spacial score (nSPS) is 10.6. The van der Waals surface area contributed by atoms with Gasteiger partial charge in [-0.05, 0) is 58.4 Å². The molecule has 0 atom stereocenters. The van der Waals surface area contributed by atoms with E-state index in [4.69, 9.17) is 10.2 Å². The Hall–Kier alpha value is -0.780. The van der Waals surface area contributed by atoms with Crippen molar-refractivity contribution in [3.05, 3.63) is 40.7 Å². The fourth-order valence-corrected chi connectivity index (χ4v) is 2.67. The van der Waals surface area contributed by atoms with E-state index in [-0.39, 0.29) is 0 Å². The molecule has 0 bridgehead atoms. The van der Waals surface area contributed by atoms with Crippen LogP contribution in [0.15, 0.2) is 49.7 Å². The van der Waals surface area contributed by atoms with Crippen molar-refractivity contribution in [2.45, 2.75) is 16.5 Å². The molecule has 0 radical (unpaired) electrons. The molecule has 1 heterocycles. The van der Waals surface area contributed by atoms with Crippen LogP contribution in [0.3, 0.4) is 0 Å². The number of nitrogens with zero attached hydrogens (tertiary/aromatic N) is 1. The third-order valence-corrected chi connectivity index (χ3v) is 3.91. The van der Waals surface area contributed by atoms with Crippen LogP contribution in [0, 0.1) is 0 Å². The average molecular weight is 299 g/mol. The molecule has 16 heavy (non-hydrogen) atoms. The SMILES string of the molecule is NCCc1ccc(Sc2ncco2)c(Br)c1. The summed E-state index contributed by atoms with van der Waals surface area (Å²) in [5.41, 5.74) is 6.74. The van der Waals surface area contributed by atoms with Gasteiger partial charge in [-0.3, -0.25) is 0 Å². The first kappa shape index (κ1) is 11.7. The zero-order valence-corrected chi connectivity index (χ0v) is 10.9. The van der Waals surface area contributed by atoms with Crippen molar-refractivity contribution in [3.8, 4) is 0 Å². The second kappa shape index (κ2) is 5.52. The van der Waals surface area contributed by atoms with Gasteiger partial charge < -0.3 is 10.2 Å². The van der Waals surface area contributed by atoms with E-state index in [0.29, 0.717) is 11.8 Å². The van der Waals surface area contributed by atoms with Crippen molar-refractivity contribution < 1.29 is 4.42 Å². The maximum absolute atomic E-state index is 5.51. The molecule has 2 rings (SSSR count). The molecular weight excluding hydrogens is 288 g/mol. The van der Waals surface area contributed by atoms with Crippen LogP contribution in [-0.4, -0.2) is 11.5 Å². The number of benzene rings is 1. The third kappa shape index (κ3) is 2.87. The predicted molar refractivity (Wildman–Crippen MR) is 67.5 cm³/mol. The van der Waals surface area contributed by atoms with Crippen LogP contribution in [0.25, 0.3) is 0 Å². The van der Waals surface area contributed by atoms with Crippen molar-refractivity contribution in [2.75, 3.05) is 6.54 Å². The third-order valence-electron chi connectivity index (χ3n) is 2.04. The first-order chi connectivity index (χ1) is 7.79. The predicted octanol–water partition coefficient (Wildman–Crippen LogP) is 3.09. The molecule has 2 aromatic rings. The molecule has 5 heteroatoms. The molecule has 3 nitrogen and oxygen atoms in total. The number of aromatic nitrogens is 1. The minimum atomic E-state index is 0.646. The summed E-state index contributed by atoms with van der Waals surface area (Å²) in [7, 11) is 0. The van der Waals surface area contributed by atoms with Gasteiger partial charge in [-0.25, -0.2) is 4.98 Å². The first-order valence-electron chi connectivity index (χ1n) is 4.85. The first-order valence-corrected chi connectivity index (χ1v) is 6.46. The average Bonchev–Trinajstić information content (AvgIpc) is 2.75. The number of rotatable bonds is 4. The van der Waals surface area contributed by atoms with Crippen LogP contribution in [-0.2, 0) is 6.42 Å². The highest BCUT2D eigenvalue weighted by Gasteiger charge is 2.06. The molecule has 0 aliphatic rings. The minimum Gasteiger partial charge on any atom is -0.440 e. The van der Waals surface area contributed by atoms with E-state index in [9.17, 15) is 0 Å². The van der Waals surface area contributed by atoms with Crippen LogP contribution in [0.1, 0.15) is 5.56 Å². The molecule has 0 saturated carbocycles. The van der Waals surface area contributed by atoms with Gasteiger partial charge >= 0.3 is 0 Å². The fourth-order valence-electron chi connectivity index (χ4n) is 1.30. The maximum Gasteiger partial charge on any atom is 0.260 e. The topological polar surface area (TPSA) is 52.0 Å². The van der Waals surface area contributed by atoms with Gasteiger partial charge in [0.05, 0.1) is 6.20 Å². The highest BCUT2D eigenvalue weighted by molar-refractivity contribution is 9.10. The van der Waals surface area contributed by atoms with E-state index < -0.39 is 0 Å². The zero-order chi connectivity index (χ0) is 11.4. The van der Waals surface area contributed by atoms with E-state index in [1.165, 1.54) is 17.3 Å². The van der Waals surface area contributed by atoms with Crippen LogP contribution in [0.4, 0.5) is 0 Å². The van der Waals surface area contributed by atoms with Gasteiger partial charge in [-0.2, -0.15) is 0 Å². The molecule has 0 aliphatic carbocycles. The maximum atomic E-state index is 5.51. The van der Waals surface area contributed by atoms with Gasteiger partial charge in [0, 0.05) is 9.37 Å². The second-order valence-electron chi connectivity index (χ2n) is 3.20. The van der Waals surface area contributed by atoms with Crippen LogP contribution < -0.4 is 5.73 Å². The molecule has 0 spiro atoms. The monoisotopic (exact) mass is 298 g/mol. The van der Waals surface area contributed by atoms with Crippen molar-refractivity contribution in [1.82, 2.24) is 4.98 Å². The van der Waals surface area contributed by atoms with Gasteiger partial charge in [0.25, 0.3) is 5.22 Å². The Balaban J connectivity index is 2.16. The largest absolute Gasteiger partial charge is 0.440 e. The Morgan fingerprint density at radius 3 is 2.94 bits per heavy atom. The van der Waals surface area contributed by atoms with Gasteiger partial charge in [-0.1, -0.05) is 6.07 Å². The van der Waals surface area contributed by atoms with Crippen LogP contribution in [0.5, 0.6) is 0 Å². The number of nitrogens with two attached hydrogens (primary N) is 1. The Morgan fingerprint density at radius 1 is 1.44 bits per heavy atom. The highest BCUT2D eigenvalue weighted by atomic mass is 79.9. The molecule has 0 fully saturated rings.